The first kappa shape index (κ1) is 14.8. The Bertz CT molecular complexity index is 2920. The molecular formula is C40H24O. The molecule has 0 aliphatic carbocycles. The van der Waals surface area contributed by atoms with Crippen molar-refractivity contribution in [3.63, 3.8) is 0 Å². The normalized spacial score (nSPS) is 15.3. The fourth-order valence-corrected chi connectivity index (χ4v) is 6.24. The highest BCUT2D eigenvalue weighted by Crippen LogP contribution is 2.45. The Balaban J connectivity index is 1.32. The van der Waals surface area contributed by atoms with E-state index in [0.717, 1.165) is 54.2 Å². The first-order chi connectivity index (χ1) is 24.5. The second kappa shape index (κ2) is 8.55. The first-order valence-corrected chi connectivity index (χ1v) is 13.3. The number of benzene rings is 8. The molecule has 1 aromatic heterocycles. The molecule has 1 nitrogen and oxygen atoms in total. The first-order valence-electron chi connectivity index (χ1n) is 18.3. The fraction of sp³-hybridized carbons (Fsp3) is 0. The third-order valence-electron chi connectivity index (χ3n) is 8.01. The minimum atomic E-state index is -0.444. The molecule has 0 saturated heterocycles. The van der Waals surface area contributed by atoms with Crippen molar-refractivity contribution in [1.29, 1.82) is 0 Å². The largest absolute Gasteiger partial charge is 0.456 e. The van der Waals surface area contributed by atoms with Gasteiger partial charge in [-0.3, -0.25) is 0 Å². The lowest BCUT2D eigenvalue weighted by Gasteiger charge is -2.17. The van der Waals surface area contributed by atoms with Crippen LogP contribution in [0.3, 0.4) is 0 Å². The van der Waals surface area contributed by atoms with Crippen molar-refractivity contribution in [3.05, 3.63) is 145 Å². The van der Waals surface area contributed by atoms with Crippen LogP contribution in [0.15, 0.2) is 150 Å². The summed E-state index contributed by atoms with van der Waals surface area (Å²) in [5.41, 5.74) is 4.34. The van der Waals surface area contributed by atoms with Gasteiger partial charge in [-0.2, -0.15) is 0 Å². The Labute approximate surface area is 251 Å². The van der Waals surface area contributed by atoms with Crippen LogP contribution in [-0.4, -0.2) is 0 Å². The predicted molar refractivity (Wildman–Crippen MR) is 174 cm³/mol. The lowest BCUT2D eigenvalue weighted by Crippen LogP contribution is -1.89. The van der Waals surface area contributed by atoms with Crippen molar-refractivity contribution in [2.75, 3.05) is 0 Å². The Morgan fingerprint density at radius 3 is 1.78 bits per heavy atom. The number of furan rings is 1. The highest BCUT2D eigenvalue weighted by atomic mass is 16.3. The molecule has 0 spiro atoms. The Hall–Kier alpha value is -5.40. The van der Waals surface area contributed by atoms with E-state index in [1.54, 1.807) is 12.1 Å². The van der Waals surface area contributed by atoms with E-state index in [1.807, 2.05) is 60.7 Å². The quantitative estimate of drug-likeness (QED) is 0.207. The maximum Gasteiger partial charge on any atom is 0.136 e. The molecule has 0 saturated carbocycles. The molecule has 1 heteroatoms. The van der Waals surface area contributed by atoms with Crippen molar-refractivity contribution < 1.29 is 18.1 Å². The number of hydrogen-bond donors (Lipinski definition) is 0. The van der Waals surface area contributed by atoms with Gasteiger partial charge in [0.05, 0.1) is 13.7 Å². The van der Waals surface area contributed by atoms with Gasteiger partial charge in [-0.25, -0.2) is 0 Å². The number of hydrogen-bond acceptors (Lipinski definition) is 1. The van der Waals surface area contributed by atoms with Crippen molar-refractivity contribution in [1.82, 2.24) is 0 Å². The maximum atomic E-state index is 8.68. The standard InChI is InChI=1S/C40H24O/c1-3-8-25(9-4-1)29-18-23-36-35(24-29)40-32(12-7-13-37(40)41-36)31-20-15-28-16-21-33-30(26-10-5-2-6-11-26)19-14-27-17-22-34(31)39(28)38(27)33/h1-24H/i1D,2D,3D,4D,5D,6D,8D,9D,10D,11D. The lowest BCUT2D eigenvalue weighted by atomic mass is 9.86. The van der Waals surface area contributed by atoms with Crippen LogP contribution >= 0.6 is 0 Å². The van der Waals surface area contributed by atoms with Gasteiger partial charge in [-0.05, 0) is 83.9 Å². The second-order valence-electron chi connectivity index (χ2n) is 10.1. The van der Waals surface area contributed by atoms with Gasteiger partial charge in [0.1, 0.15) is 11.2 Å². The van der Waals surface area contributed by atoms with E-state index in [-0.39, 0.29) is 47.4 Å². The van der Waals surface area contributed by atoms with Crippen molar-refractivity contribution >= 4 is 54.3 Å². The minimum absolute atomic E-state index is 0.118. The summed E-state index contributed by atoms with van der Waals surface area (Å²) in [7, 11) is 0. The van der Waals surface area contributed by atoms with Gasteiger partial charge in [-0.1, -0.05) is 127 Å². The van der Waals surface area contributed by atoms with Gasteiger partial charge in [0, 0.05) is 10.8 Å². The molecule has 0 amide bonds. The van der Waals surface area contributed by atoms with Crippen LogP contribution in [0.4, 0.5) is 0 Å². The van der Waals surface area contributed by atoms with E-state index in [9.17, 15) is 0 Å². The molecule has 0 bridgehead atoms. The van der Waals surface area contributed by atoms with E-state index < -0.39 is 24.2 Å². The molecule has 8 aromatic carbocycles. The van der Waals surface area contributed by atoms with Gasteiger partial charge in [-0.15, -0.1) is 0 Å². The Morgan fingerprint density at radius 2 is 1.05 bits per heavy atom. The van der Waals surface area contributed by atoms with Gasteiger partial charge in [0.15, 0.2) is 0 Å². The van der Waals surface area contributed by atoms with E-state index in [1.165, 1.54) is 0 Å². The van der Waals surface area contributed by atoms with Crippen LogP contribution < -0.4 is 0 Å². The molecule has 41 heavy (non-hydrogen) atoms. The van der Waals surface area contributed by atoms with Crippen molar-refractivity contribution in [3.8, 4) is 33.4 Å². The van der Waals surface area contributed by atoms with E-state index in [2.05, 4.69) is 12.1 Å². The predicted octanol–water partition coefficient (Wildman–Crippen LogP) is 11.5. The highest BCUT2D eigenvalue weighted by molar-refractivity contribution is 6.28. The summed E-state index contributed by atoms with van der Waals surface area (Å²) in [5, 5.41) is 7.11. The molecule has 0 unspecified atom stereocenters. The van der Waals surface area contributed by atoms with Crippen LogP contribution in [0.5, 0.6) is 0 Å². The molecule has 0 fully saturated rings. The van der Waals surface area contributed by atoms with Gasteiger partial charge in [0.25, 0.3) is 0 Å². The van der Waals surface area contributed by atoms with Crippen molar-refractivity contribution in [2.24, 2.45) is 0 Å². The summed E-state index contributed by atoms with van der Waals surface area (Å²) in [6.07, 6.45) is 0. The maximum absolute atomic E-state index is 8.68. The van der Waals surface area contributed by atoms with Crippen LogP contribution in [0.2, 0.25) is 0 Å². The molecular weight excluding hydrogens is 496 g/mol. The average molecular weight is 531 g/mol. The zero-order chi connectivity index (χ0) is 35.6. The fourth-order valence-electron chi connectivity index (χ4n) is 6.24. The molecule has 1 heterocycles. The Kier molecular flexibility index (Phi) is 3.09. The molecule has 0 radical (unpaired) electrons. The number of fused-ring (bicyclic) bond motifs is 3. The zero-order valence-corrected chi connectivity index (χ0v) is 21.5. The monoisotopic (exact) mass is 530 g/mol. The summed E-state index contributed by atoms with van der Waals surface area (Å²) in [4.78, 5) is 0. The van der Waals surface area contributed by atoms with Gasteiger partial charge in [0.2, 0.25) is 0 Å². The zero-order valence-electron chi connectivity index (χ0n) is 31.5. The molecule has 0 aliphatic heterocycles. The molecule has 0 atom stereocenters. The lowest BCUT2D eigenvalue weighted by molar-refractivity contribution is 0.669. The highest BCUT2D eigenvalue weighted by Gasteiger charge is 2.18. The molecule has 9 rings (SSSR count). The topological polar surface area (TPSA) is 13.1 Å². The third-order valence-corrected chi connectivity index (χ3v) is 8.01. The van der Waals surface area contributed by atoms with Gasteiger partial charge < -0.3 is 4.42 Å². The summed E-state index contributed by atoms with van der Waals surface area (Å²) in [5.74, 6) is 0. The van der Waals surface area contributed by atoms with E-state index in [0.29, 0.717) is 22.3 Å². The van der Waals surface area contributed by atoms with Crippen molar-refractivity contribution in [2.45, 2.75) is 0 Å². The molecule has 9 aromatic rings. The summed E-state index contributed by atoms with van der Waals surface area (Å²) in [6, 6.07) is 23.5. The average Bonchev–Trinajstić information content (AvgIpc) is 3.52. The SMILES string of the molecule is [2H]c1c([2H])c([2H])c(-c2ccc3oc4cccc(-c5ccc6ccc7c(-c8c([2H])c([2H])c([2H])c([2H])c8[2H])ccc8ccc5c6c87)c4c3c2)c([2H])c1[2H]. The Morgan fingerprint density at radius 1 is 0.415 bits per heavy atom. The second-order valence-corrected chi connectivity index (χ2v) is 10.1. The molecule has 0 N–H and O–H groups in total. The van der Waals surface area contributed by atoms with Crippen LogP contribution in [-0.2, 0) is 0 Å². The summed E-state index contributed by atoms with van der Waals surface area (Å²) < 4.78 is 89.9. The van der Waals surface area contributed by atoms with Gasteiger partial charge >= 0.3 is 0 Å². The minimum Gasteiger partial charge on any atom is -0.456 e. The number of rotatable bonds is 3. The third kappa shape index (κ3) is 3.30. The van der Waals surface area contributed by atoms with Crippen LogP contribution in [0.1, 0.15) is 13.7 Å². The smallest absolute Gasteiger partial charge is 0.136 e. The van der Waals surface area contributed by atoms with Crippen LogP contribution in [0.25, 0.3) is 87.6 Å². The van der Waals surface area contributed by atoms with Crippen LogP contribution in [0, 0.1) is 0 Å². The summed E-state index contributed by atoms with van der Waals surface area (Å²) >= 11 is 0. The van der Waals surface area contributed by atoms with E-state index in [4.69, 9.17) is 18.1 Å². The summed E-state index contributed by atoms with van der Waals surface area (Å²) in [6.45, 7) is 0. The van der Waals surface area contributed by atoms with E-state index >= 15 is 0 Å². The molecule has 0 aliphatic rings. The molecule has 190 valence electrons.